The largest absolute Gasteiger partial charge is 0.465 e. The van der Waals surface area contributed by atoms with Crippen molar-refractivity contribution in [1.82, 2.24) is 9.55 Å². The van der Waals surface area contributed by atoms with Crippen LogP contribution in [0.2, 0.25) is 0 Å². The van der Waals surface area contributed by atoms with Crippen LogP contribution in [-0.2, 0) is 4.74 Å². The third kappa shape index (κ3) is 2.38. The first-order chi connectivity index (χ1) is 9.49. The first kappa shape index (κ1) is 14.5. The average Bonchev–Trinajstić information content (AvgIpc) is 2.45. The van der Waals surface area contributed by atoms with E-state index in [2.05, 4.69) is 9.72 Å². The van der Waals surface area contributed by atoms with Crippen molar-refractivity contribution in [3.63, 3.8) is 0 Å². The van der Waals surface area contributed by atoms with Gasteiger partial charge in [0, 0.05) is 6.04 Å². The maximum Gasteiger partial charge on any atom is 0.337 e. The minimum absolute atomic E-state index is 0.0240. The van der Waals surface area contributed by atoms with E-state index in [1.807, 2.05) is 13.8 Å². The van der Waals surface area contributed by atoms with E-state index in [1.165, 1.54) is 7.11 Å². The molecule has 106 valence electrons. The number of benzene rings is 1. The highest BCUT2D eigenvalue weighted by molar-refractivity contribution is 7.71. The number of hydrogen-bond donors (Lipinski definition) is 1. The first-order valence-electron chi connectivity index (χ1n) is 6.36. The molecule has 5 nitrogen and oxygen atoms in total. The molecule has 1 N–H and O–H groups in total. The zero-order valence-corrected chi connectivity index (χ0v) is 12.4. The molecule has 1 aromatic heterocycles. The van der Waals surface area contributed by atoms with Gasteiger partial charge in [0.25, 0.3) is 5.56 Å². The molecule has 0 aliphatic carbocycles. The Balaban J connectivity index is 2.74. The number of fused-ring (bicyclic) bond motifs is 1. The maximum atomic E-state index is 12.5. The number of methoxy groups -OCH3 is 1. The SMILES string of the molecule is CC[C@@H](C)n1c(=S)[nH]c2cc(C(=O)OC)ccc2c1=O. The number of aromatic amines is 1. The second kappa shape index (κ2) is 5.58. The summed E-state index contributed by atoms with van der Waals surface area (Å²) in [5.74, 6) is -0.447. The van der Waals surface area contributed by atoms with Crippen molar-refractivity contribution in [3.8, 4) is 0 Å². The molecule has 0 bridgehead atoms. The van der Waals surface area contributed by atoms with Gasteiger partial charge in [-0.25, -0.2) is 4.79 Å². The van der Waals surface area contributed by atoms with Gasteiger partial charge < -0.3 is 9.72 Å². The predicted molar refractivity (Wildman–Crippen MR) is 79.7 cm³/mol. The molecule has 20 heavy (non-hydrogen) atoms. The van der Waals surface area contributed by atoms with Gasteiger partial charge in [-0.1, -0.05) is 6.92 Å². The second-order valence-electron chi connectivity index (χ2n) is 4.61. The number of aromatic nitrogens is 2. The number of carbonyl (C=O) groups excluding carboxylic acids is 1. The standard InChI is InChI=1S/C14H16N2O3S/c1-4-8(2)16-12(17)10-6-5-9(13(18)19-3)7-11(10)15-14(16)20/h5-8H,4H2,1-3H3,(H,15,20)/t8-/m1/s1. The van der Waals surface area contributed by atoms with Gasteiger partial charge in [-0.2, -0.15) is 0 Å². The van der Waals surface area contributed by atoms with Crippen LogP contribution in [0.3, 0.4) is 0 Å². The molecule has 2 rings (SSSR count). The first-order valence-corrected chi connectivity index (χ1v) is 6.77. The molecule has 0 spiro atoms. The van der Waals surface area contributed by atoms with Crippen LogP contribution in [0, 0.1) is 4.77 Å². The van der Waals surface area contributed by atoms with Crippen LogP contribution in [0.1, 0.15) is 36.7 Å². The lowest BCUT2D eigenvalue weighted by Gasteiger charge is -2.14. The van der Waals surface area contributed by atoms with Gasteiger partial charge in [0.2, 0.25) is 0 Å². The van der Waals surface area contributed by atoms with Crippen LogP contribution in [0.5, 0.6) is 0 Å². The second-order valence-corrected chi connectivity index (χ2v) is 5.00. The van der Waals surface area contributed by atoms with E-state index in [1.54, 1.807) is 22.8 Å². The average molecular weight is 292 g/mol. The Labute approximate surface area is 121 Å². The molecule has 2 aromatic rings. The van der Waals surface area contributed by atoms with Crippen LogP contribution in [-0.4, -0.2) is 22.6 Å². The van der Waals surface area contributed by atoms with E-state index in [0.717, 1.165) is 6.42 Å². The highest BCUT2D eigenvalue weighted by Crippen LogP contribution is 2.14. The molecule has 0 fully saturated rings. The van der Waals surface area contributed by atoms with Crippen molar-refractivity contribution in [2.75, 3.05) is 7.11 Å². The van der Waals surface area contributed by atoms with E-state index in [0.29, 0.717) is 21.2 Å². The monoisotopic (exact) mass is 292 g/mol. The lowest BCUT2D eigenvalue weighted by molar-refractivity contribution is 0.0601. The van der Waals surface area contributed by atoms with Crippen molar-refractivity contribution in [3.05, 3.63) is 38.9 Å². The van der Waals surface area contributed by atoms with Gasteiger partial charge in [0.1, 0.15) is 0 Å². The molecular weight excluding hydrogens is 276 g/mol. The minimum atomic E-state index is -0.447. The number of nitrogens with one attached hydrogen (secondary N) is 1. The summed E-state index contributed by atoms with van der Waals surface area (Å²) in [6.45, 7) is 3.94. The summed E-state index contributed by atoms with van der Waals surface area (Å²) in [6.07, 6.45) is 0.809. The third-order valence-corrected chi connectivity index (χ3v) is 3.68. The molecule has 0 amide bonds. The van der Waals surface area contributed by atoms with Crippen molar-refractivity contribution >= 4 is 29.1 Å². The lowest BCUT2D eigenvalue weighted by atomic mass is 10.1. The summed E-state index contributed by atoms with van der Waals surface area (Å²) in [7, 11) is 1.32. The van der Waals surface area contributed by atoms with Gasteiger partial charge in [0.15, 0.2) is 4.77 Å². The summed E-state index contributed by atoms with van der Waals surface area (Å²) >= 11 is 5.24. The van der Waals surface area contributed by atoms with Crippen LogP contribution in [0.4, 0.5) is 0 Å². The van der Waals surface area contributed by atoms with E-state index in [9.17, 15) is 9.59 Å². The fourth-order valence-corrected chi connectivity index (χ4v) is 2.43. The number of H-pyrrole nitrogens is 1. The Morgan fingerprint density at radius 2 is 2.20 bits per heavy atom. The Kier molecular flexibility index (Phi) is 4.04. The molecule has 1 atom stereocenters. The number of carbonyl (C=O) groups is 1. The fraction of sp³-hybridized carbons (Fsp3) is 0.357. The molecule has 1 heterocycles. The van der Waals surface area contributed by atoms with E-state index in [-0.39, 0.29) is 11.6 Å². The number of hydrogen-bond acceptors (Lipinski definition) is 4. The van der Waals surface area contributed by atoms with Crippen molar-refractivity contribution < 1.29 is 9.53 Å². The molecule has 0 aliphatic rings. The molecule has 1 aromatic carbocycles. The fourth-order valence-electron chi connectivity index (χ4n) is 2.06. The molecule has 0 radical (unpaired) electrons. The maximum absolute atomic E-state index is 12.5. The Hall–Kier alpha value is -1.95. The van der Waals surface area contributed by atoms with Gasteiger partial charge >= 0.3 is 5.97 Å². The quantitative estimate of drug-likeness (QED) is 0.698. The van der Waals surface area contributed by atoms with Gasteiger partial charge in [-0.05, 0) is 43.8 Å². The third-order valence-electron chi connectivity index (χ3n) is 3.38. The highest BCUT2D eigenvalue weighted by atomic mass is 32.1. The number of esters is 1. The van der Waals surface area contributed by atoms with Gasteiger partial charge in [-0.15, -0.1) is 0 Å². The van der Waals surface area contributed by atoms with Gasteiger partial charge in [0.05, 0.1) is 23.6 Å². The predicted octanol–water partition coefficient (Wildman–Crippen LogP) is 2.82. The molecular formula is C14H16N2O3S. The van der Waals surface area contributed by atoms with Crippen LogP contribution in [0.25, 0.3) is 10.9 Å². The summed E-state index contributed by atoms with van der Waals surface area (Å²) in [6, 6.07) is 4.80. The smallest absolute Gasteiger partial charge is 0.337 e. The Bertz CT molecular complexity index is 776. The Morgan fingerprint density at radius 1 is 1.50 bits per heavy atom. The number of rotatable bonds is 3. The summed E-state index contributed by atoms with van der Waals surface area (Å²) in [5, 5.41) is 0.506. The lowest BCUT2D eigenvalue weighted by Crippen LogP contribution is -2.25. The highest BCUT2D eigenvalue weighted by Gasteiger charge is 2.12. The van der Waals surface area contributed by atoms with Crippen LogP contribution >= 0.6 is 12.2 Å². The number of ether oxygens (including phenoxy) is 1. The zero-order valence-electron chi connectivity index (χ0n) is 11.6. The van der Waals surface area contributed by atoms with E-state index >= 15 is 0 Å². The van der Waals surface area contributed by atoms with Gasteiger partial charge in [-0.3, -0.25) is 9.36 Å². The Morgan fingerprint density at radius 3 is 2.80 bits per heavy atom. The minimum Gasteiger partial charge on any atom is -0.465 e. The van der Waals surface area contributed by atoms with Crippen LogP contribution in [0.15, 0.2) is 23.0 Å². The summed E-state index contributed by atoms with van der Waals surface area (Å²) < 4.78 is 6.59. The van der Waals surface area contributed by atoms with Crippen molar-refractivity contribution in [2.45, 2.75) is 26.3 Å². The molecule has 0 aliphatic heterocycles. The van der Waals surface area contributed by atoms with Crippen LogP contribution < -0.4 is 5.56 Å². The summed E-state index contributed by atoms with van der Waals surface area (Å²) in [4.78, 5) is 27.0. The topological polar surface area (TPSA) is 64.1 Å². The molecule has 6 heteroatoms. The molecule has 0 saturated heterocycles. The van der Waals surface area contributed by atoms with Crippen molar-refractivity contribution in [2.24, 2.45) is 0 Å². The van der Waals surface area contributed by atoms with E-state index in [4.69, 9.17) is 12.2 Å². The zero-order chi connectivity index (χ0) is 14.9. The number of nitrogens with zero attached hydrogens (tertiary/aromatic N) is 1. The van der Waals surface area contributed by atoms with Crippen molar-refractivity contribution in [1.29, 1.82) is 0 Å². The normalized spacial score (nSPS) is 12.3. The molecule has 0 unspecified atom stereocenters. The molecule has 0 saturated carbocycles. The summed E-state index contributed by atoms with van der Waals surface area (Å²) in [5.41, 5.74) is 0.781. The van der Waals surface area contributed by atoms with E-state index < -0.39 is 5.97 Å².